The number of para-hydroxylation sites is 1. The maximum Gasteiger partial charge on any atom is 0.332 e. The van der Waals surface area contributed by atoms with E-state index in [1.807, 2.05) is 12.1 Å². The summed E-state index contributed by atoms with van der Waals surface area (Å²) in [6.07, 6.45) is 13.6. The van der Waals surface area contributed by atoms with Crippen molar-refractivity contribution < 1.29 is 4.79 Å². The second-order valence-electron chi connectivity index (χ2n) is 12.4. The number of ketones is 1. The van der Waals surface area contributed by atoms with Gasteiger partial charge < -0.3 is 0 Å². The van der Waals surface area contributed by atoms with E-state index in [0.717, 1.165) is 30.6 Å². The smallest absolute Gasteiger partial charge is 0.298 e. The molecule has 2 aliphatic carbocycles. The Kier molecular flexibility index (Phi) is 6.43. The van der Waals surface area contributed by atoms with Crippen LogP contribution in [0.2, 0.25) is 0 Å². The first-order valence-corrected chi connectivity index (χ1v) is 14.4. The van der Waals surface area contributed by atoms with E-state index < -0.39 is 0 Å². The highest BCUT2D eigenvalue weighted by Gasteiger charge is 2.46. The van der Waals surface area contributed by atoms with Gasteiger partial charge in [-0.25, -0.2) is 4.79 Å². The minimum absolute atomic E-state index is 0.00886. The minimum atomic E-state index is -0.316. The molecule has 2 saturated heterocycles. The number of rotatable bonds is 5. The van der Waals surface area contributed by atoms with Crippen LogP contribution in [0, 0.1) is 17.8 Å². The zero-order valence-electron chi connectivity index (χ0n) is 21.9. The Morgan fingerprint density at radius 3 is 2.17 bits per heavy atom. The van der Waals surface area contributed by atoms with E-state index in [9.17, 15) is 14.4 Å². The van der Waals surface area contributed by atoms with Gasteiger partial charge >= 0.3 is 5.69 Å². The van der Waals surface area contributed by atoms with Crippen molar-refractivity contribution in [2.24, 2.45) is 17.8 Å². The van der Waals surface area contributed by atoms with Crippen LogP contribution >= 0.6 is 0 Å². The zero-order valence-corrected chi connectivity index (χ0v) is 21.9. The van der Waals surface area contributed by atoms with Crippen LogP contribution in [0.25, 0.3) is 10.9 Å². The van der Waals surface area contributed by atoms with E-state index in [1.54, 1.807) is 12.1 Å². The summed E-state index contributed by atoms with van der Waals surface area (Å²) in [7, 11) is 0. The van der Waals surface area contributed by atoms with Crippen LogP contribution in [0.3, 0.4) is 0 Å². The van der Waals surface area contributed by atoms with Gasteiger partial charge in [0.2, 0.25) is 0 Å². The third kappa shape index (κ3) is 4.19. The van der Waals surface area contributed by atoms with Crippen molar-refractivity contribution in [2.75, 3.05) is 0 Å². The average Bonchev–Trinajstić information content (AvgIpc) is 2.85. The van der Waals surface area contributed by atoms with Gasteiger partial charge in [0.15, 0.2) is 0 Å². The summed E-state index contributed by atoms with van der Waals surface area (Å²) >= 11 is 0. The van der Waals surface area contributed by atoms with E-state index in [4.69, 9.17) is 0 Å². The molecule has 1 aromatic heterocycles. The van der Waals surface area contributed by atoms with Crippen molar-refractivity contribution in [2.45, 2.75) is 115 Å². The van der Waals surface area contributed by atoms with E-state index in [-0.39, 0.29) is 29.6 Å². The maximum absolute atomic E-state index is 13.7. The lowest BCUT2D eigenvalue weighted by molar-refractivity contribution is -0.117. The molecule has 4 fully saturated rings. The van der Waals surface area contributed by atoms with Gasteiger partial charge in [-0.15, -0.1) is 0 Å². The number of hydrogen-bond acceptors (Lipinski definition) is 4. The van der Waals surface area contributed by atoms with Gasteiger partial charge in [0.1, 0.15) is 5.78 Å². The van der Waals surface area contributed by atoms with Crippen molar-refractivity contribution >= 4 is 16.7 Å². The van der Waals surface area contributed by atoms with Crippen molar-refractivity contribution in [3.8, 4) is 0 Å². The molecular formula is C30H41N3O3. The molecule has 6 rings (SSSR count). The van der Waals surface area contributed by atoms with Gasteiger partial charge in [0.05, 0.1) is 17.4 Å². The van der Waals surface area contributed by atoms with Crippen LogP contribution in [0.4, 0.5) is 0 Å². The summed E-state index contributed by atoms with van der Waals surface area (Å²) in [5.41, 5.74) is 0.0590. The highest BCUT2D eigenvalue weighted by molar-refractivity contribution is 5.81. The summed E-state index contributed by atoms with van der Waals surface area (Å²) < 4.78 is 3.04. The monoisotopic (exact) mass is 491 g/mol. The van der Waals surface area contributed by atoms with Crippen LogP contribution < -0.4 is 11.2 Å². The Labute approximate surface area is 213 Å². The zero-order chi connectivity index (χ0) is 25.0. The predicted molar refractivity (Wildman–Crippen MR) is 142 cm³/mol. The van der Waals surface area contributed by atoms with E-state index in [2.05, 4.69) is 11.8 Å². The van der Waals surface area contributed by atoms with E-state index >= 15 is 0 Å². The lowest BCUT2D eigenvalue weighted by Gasteiger charge is -2.55. The van der Waals surface area contributed by atoms with Crippen molar-refractivity contribution in [3.05, 3.63) is 45.1 Å². The highest BCUT2D eigenvalue weighted by atomic mass is 16.2. The fourth-order valence-electron chi connectivity index (χ4n) is 8.76. The van der Waals surface area contributed by atoms with Gasteiger partial charge in [-0.2, -0.15) is 0 Å². The number of benzene rings is 1. The minimum Gasteiger partial charge on any atom is -0.298 e. The van der Waals surface area contributed by atoms with Gasteiger partial charge in [-0.3, -0.25) is 23.6 Å². The van der Waals surface area contributed by atoms with Crippen LogP contribution in [0.15, 0.2) is 33.9 Å². The molecule has 4 aliphatic rings. The normalized spacial score (nSPS) is 34.6. The van der Waals surface area contributed by atoms with Crippen LogP contribution in [-0.2, 0) is 11.3 Å². The molecular weight excluding hydrogens is 450 g/mol. The lowest BCUT2D eigenvalue weighted by Crippen LogP contribution is -2.59. The van der Waals surface area contributed by atoms with Crippen LogP contribution in [0.5, 0.6) is 0 Å². The van der Waals surface area contributed by atoms with E-state index in [1.165, 1.54) is 73.8 Å². The molecule has 2 aromatic rings. The molecule has 6 nitrogen and oxygen atoms in total. The third-order valence-electron chi connectivity index (χ3n) is 10.0. The number of carbonyl (C=O) groups excluding carboxylic acids is 1. The number of fused-ring (bicyclic) bond motifs is 5. The Hall–Kier alpha value is -2.21. The standard InChI is InChI=1S/C30H41N3O3/c1-3-20-11-21-13-22(12-20)15-25(14-21)32-23-7-6-8-24(32)17-26(16-23)33-29(35)27-9-4-5-10-28(27)31(30(33)36)18-19(2)34/h4-5,9-10,20-26H,3,6-8,11-18H2,1-2H3/t20?,21-,22+,23-,24+,25?,26+. The second-order valence-corrected chi connectivity index (χ2v) is 12.4. The topological polar surface area (TPSA) is 64.3 Å². The molecule has 0 N–H and O–H groups in total. The quantitative estimate of drug-likeness (QED) is 0.596. The Balaban J connectivity index is 1.31. The number of hydrogen-bond donors (Lipinski definition) is 0. The molecule has 3 heterocycles. The number of piperidine rings is 2. The number of aromatic nitrogens is 2. The van der Waals surface area contributed by atoms with Gasteiger partial charge in [-0.05, 0) is 94.6 Å². The van der Waals surface area contributed by atoms with E-state index in [0.29, 0.717) is 29.0 Å². The molecule has 2 unspecified atom stereocenters. The predicted octanol–water partition coefficient (Wildman–Crippen LogP) is 4.92. The molecule has 0 spiro atoms. The third-order valence-corrected chi connectivity index (χ3v) is 10.0. The van der Waals surface area contributed by atoms with Crippen LogP contribution in [-0.4, -0.2) is 37.9 Å². The molecule has 194 valence electrons. The summed E-state index contributed by atoms with van der Waals surface area (Å²) in [6.45, 7) is 3.87. The van der Waals surface area contributed by atoms with Crippen LogP contribution in [0.1, 0.15) is 90.5 Å². The Morgan fingerprint density at radius 2 is 1.53 bits per heavy atom. The molecule has 4 bridgehead atoms. The number of Topliss-reactive ketones (excluding diaryl/α,β-unsaturated/α-hetero) is 1. The molecule has 2 saturated carbocycles. The largest absolute Gasteiger partial charge is 0.332 e. The van der Waals surface area contributed by atoms with Crippen molar-refractivity contribution in [1.29, 1.82) is 0 Å². The van der Waals surface area contributed by atoms with Crippen molar-refractivity contribution in [1.82, 2.24) is 14.0 Å². The fraction of sp³-hybridized carbons (Fsp3) is 0.700. The summed E-state index contributed by atoms with van der Waals surface area (Å²) in [4.78, 5) is 42.2. The highest BCUT2D eigenvalue weighted by Crippen LogP contribution is 2.48. The fourth-order valence-corrected chi connectivity index (χ4v) is 8.76. The van der Waals surface area contributed by atoms with Gasteiger partial charge in [-0.1, -0.05) is 31.9 Å². The first-order chi connectivity index (χ1) is 17.4. The lowest BCUT2D eigenvalue weighted by atomic mass is 9.64. The van der Waals surface area contributed by atoms with Crippen molar-refractivity contribution in [3.63, 3.8) is 0 Å². The summed E-state index contributed by atoms with van der Waals surface area (Å²) in [5.74, 6) is 2.62. The molecule has 2 aliphatic heterocycles. The Bertz CT molecular complexity index is 1230. The average molecular weight is 492 g/mol. The molecule has 6 heteroatoms. The molecule has 36 heavy (non-hydrogen) atoms. The maximum atomic E-state index is 13.7. The molecule has 1 aromatic carbocycles. The Morgan fingerprint density at radius 1 is 0.861 bits per heavy atom. The molecule has 0 amide bonds. The number of carbonyl (C=O) groups is 1. The molecule has 7 atom stereocenters. The SMILES string of the molecule is CCC1C[C@@H]2CC(N3[C@@H]4CCC[C@H]3C[C@@H](n3c(=O)c5ccccc5n(CC(C)=O)c3=O)C4)C[C@H](C1)C2. The number of nitrogens with zero attached hydrogens (tertiary/aromatic N) is 3. The summed E-state index contributed by atoms with van der Waals surface area (Å²) in [6, 6.07) is 8.73. The van der Waals surface area contributed by atoms with Gasteiger partial charge in [0, 0.05) is 24.2 Å². The first kappa shape index (κ1) is 24.1. The first-order valence-electron chi connectivity index (χ1n) is 14.4. The summed E-state index contributed by atoms with van der Waals surface area (Å²) in [5, 5.41) is 0.538. The second kappa shape index (κ2) is 9.59. The molecule has 0 radical (unpaired) electrons. The van der Waals surface area contributed by atoms with Gasteiger partial charge in [0.25, 0.3) is 5.56 Å².